The zero-order chi connectivity index (χ0) is 30.7. The fourth-order valence-electron chi connectivity index (χ4n) is 4.07. The number of urea groups is 1. The number of benzene rings is 3. The molecule has 3 amide bonds. The van der Waals surface area contributed by atoms with Crippen molar-refractivity contribution in [3.63, 3.8) is 0 Å². The van der Waals surface area contributed by atoms with Crippen molar-refractivity contribution in [3.8, 4) is 11.3 Å². The zero-order valence-corrected chi connectivity index (χ0v) is 22.3. The van der Waals surface area contributed by atoms with Crippen molar-refractivity contribution in [2.24, 2.45) is 17.4 Å². The molecule has 1 aromatic heterocycles. The number of hydrogen-bond donors (Lipinski definition) is 3. The summed E-state index contributed by atoms with van der Waals surface area (Å²) in [7, 11) is 0. The maximum absolute atomic E-state index is 14.9. The van der Waals surface area contributed by atoms with Crippen molar-refractivity contribution in [1.82, 2.24) is 4.98 Å². The van der Waals surface area contributed by atoms with Gasteiger partial charge >= 0.3 is 12.0 Å². The molecule has 0 fully saturated rings. The molecule has 0 saturated carbocycles. The number of anilines is 3. The van der Waals surface area contributed by atoms with Gasteiger partial charge in [-0.15, -0.1) is 0 Å². The van der Waals surface area contributed by atoms with Crippen LogP contribution in [0.25, 0.3) is 22.0 Å². The molecule has 0 aliphatic carbocycles. The average Bonchev–Trinajstić information content (AvgIpc) is 2.92. The topological polar surface area (TPSA) is 141 Å². The number of aromatic nitrogens is 1. The maximum atomic E-state index is 14.9. The minimum absolute atomic E-state index is 0.113. The van der Waals surface area contributed by atoms with Crippen molar-refractivity contribution in [2.75, 3.05) is 16.8 Å². The number of rotatable bonds is 8. The van der Waals surface area contributed by atoms with Crippen molar-refractivity contribution in [3.05, 3.63) is 83.9 Å². The van der Waals surface area contributed by atoms with Crippen LogP contribution in [0.1, 0.15) is 13.8 Å². The lowest BCUT2D eigenvalue weighted by atomic mass is 10.0. The van der Waals surface area contributed by atoms with Crippen molar-refractivity contribution in [1.29, 1.82) is 0 Å². The highest BCUT2D eigenvalue weighted by molar-refractivity contribution is 6.04. The molecule has 1 atom stereocenters. The van der Waals surface area contributed by atoms with Crippen LogP contribution in [0.3, 0.4) is 0 Å². The summed E-state index contributed by atoms with van der Waals surface area (Å²) in [5, 5.41) is 3.02. The summed E-state index contributed by atoms with van der Waals surface area (Å²) in [5.74, 6) is -6.17. The van der Waals surface area contributed by atoms with E-state index in [0.717, 1.165) is 30.3 Å². The number of halogens is 4. The van der Waals surface area contributed by atoms with Crippen LogP contribution < -0.4 is 21.7 Å². The Morgan fingerprint density at radius 3 is 2.26 bits per heavy atom. The van der Waals surface area contributed by atoms with E-state index < -0.39 is 65.3 Å². The lowest BCUT2D eigenvalue weighted by Crippen LogP contribution is -2.38. The number of esters is 1. The number of carbonyl (C=O) groups is 3. The molecule has 3 aromatic carbocycles. The van der Waals surface area contributed by atoms with Gasteiger partial charge in [-0.1, -0.05) is 26.0 Å². The maximum Gasteiger partial charge on any atom is 0.325 e. The summed E-state index contributed by atoms with van der Waals surface area (Å²) in [6.07, 6.45) is 0. The highest BCUT2D eigenvalue weighted by Crippen LogP contribution is 2.37. The zero-order valence-electron chi connectivity index (χ0n) is 22.3. The van der Waals surface area contributed by atoms with Gasteiger partial charge in [0.25, 0.3) is 5.91 Å². The number of carbonyl (C=O) groups excluding carboxylic acids is 3. The van der Waals surface area contributed by atoms with E-state index in [-0.39, 0.29) is 33.6 Å². The second-order valence-electron chi connectivity index (χ2n) is 9.56. The number of hydrogen-bond acceptors (Lipinski definition) is 6. The first-order valence-corrected chi connectivity index (χ1v) is 12.5. The molecule has 9 nitrogen and oxygen atoms in total. The Balaban J connectivity index is 1.81. The monoisotopic (exact) mass is 583 g/mol. The van der Waals surface area contributed by atoms with E-state index in [1.807, 2.05) is 0 Å². The normalized spacial score (nSPS) is 11.8. The first-order valence-electron chi connectivity index (χ1n) is 12.5. The van der Waals surface area contributed by atoms with Crippen LogP contribution in [0.5, 0.6) is 0 Å². The third-order valence-electron chi connectivity index (χ3n) is 6.23. The smallest absolute Gasteiger partial charge is 0.325 e. The van der Waals surface area contributed by atoms with Gasteiger partial charge in [0.2, 0.25) is 0 Å². The first kappa shape index (κ1) is 29.9. The Morgan fingerprint density at radius 2 is 1.64 bits per heavy atom. The number of nitrogens with zero attached hydrogens (tertiary/aromatic N) is 2. The molecule has 0 aliphatic rings. The SMILES string of the molecule is CC(C)C(N)C(=O)OCC(=O)Nc1ccc2c(-c3ccc(F)cc3F)nc(N(C(N)=O)c3c(F)cccc3F)cc2c1. The Labute approximate surface area is 237 Å². The number of ether oxygens (including phenoxy) is 1. The first-order chi connectivity index (χ1) is 19.9. The van der Waals surface area contributed by atoms with Gasteiger partial charge in [-0.25, -0.2) is 32.2 Å². The number of nitrogens with one attached hydrogen (secondary N) is 1. The van der Waals surface area contributed by atoms with Crippen LogP contribution in [0.15, 0.2) is 60.7 Å². The number of para-hydroxylation sites is 1. The molecular weight excluding hydrogens is 558 g/mol. The van der Waals surface area contributed by atoms with Gasteiger partial charge in [0, 0.05) is 22.7 Å². The predicted octanol–water partition coefficient (Wildman–Crippen LogP) is 5.14. The van der Waals surface area contributed by atoms with E-state index in [1.54, 1.807) is 13.8 Å². The summed E-state index contributed by atoms with van der Waals surface area (Å²) < 4.78 is 63.0. The molecule has 42 heavy (non-hydrogen) atoms. The molecule has 218 valence electrons. The third-order valence-corrected chi connectivity index (χ3v) is 6.23. The predicted molar refractivity (Wildman–Crippen MR) is 148 cm³/mol. The lowest BCUT2D eigenvalue weighted by molar-refractivity contribution is -0.149. The van der Waals surface area contributed by atoms with E-state index in [2.05, 4.69) is 10.3 Å². The van der Waals surface area contributed by atoms with E-state index in [9.17, 15) is 31.9 Å². The van der Waals surface area contributed by atoms with Crippen LogP contribution in [0, 0.1) is 29.2 Å². The molecule has 0 aliphatic heterocycles. The third kappa shape index (κ3) is 6.31. The molecule has 13 heteroatoms. The lowest BCUT2D eigenvalue weighted by Gasteiger charge is -2.22. The molecule has 1 unspecified atom stereocenters. The van der Waals surface area contributed by atoms with Gasteiger partial charge in [0.15, 0.2) is 6.61 Å². The largest absolute Gasteiger partial charge is 0.454 e. The quantitative estimate of drug-likeness (QED) is 0.194. The van der Waals surface area contributed by atoms with Crippen molar-refractivity contribution >= 4 is 45.9 Å². The Bertz CT molecular complexity index is 1680. The van der Waals surface area contributed by atoms with Crippen LogP contribution in [0.4, 0.5) is 39.5 Å². The minimum Gasteiger partial charge on any atom is -0.454 e. The average molecular weight is 584 g/mol. The van der Waals surface area contributed by atoms with E-state index in [0.29, 0.717) is 11.0 Å². The molecule has 0 bridgehead atoms. The Kier molecular flexibility index (Phi) is 8.71. The molecule has 1 heterocycles. The summed E-state index contributed by atoms with van der Waals surface area (Å²) in [5.41, 5.74) is 10.3. The van der Waals surface area contributed by atoms with Gasteiger partial charge in [0.1, 0.15) is 40.8 Å². The van der Waals surface area contributed by atoms with Crippen molar-refractivity contribution in [2.45, 2.75) is 19.9 Å². The van der Waals surface area contributed by atoms with Crippen molar-refractivity contribution < 1.29 is 36.7 Å². The fourth-order valence-corrected chi connectivity index (χ4v) is 4.07. The molecule has 0 saturated heterocycles. The van der Waals surface area contributed by atoms with Gasteiger partial charge in [-0.05, 0) is 53.8 Å². The highest BCUT2D eigenvalue weighted by atomic mass is 19.1. The summed E-state index contributed by atoms with van der Waals surface area (Å²) in [6, 6.07) is 8.95. The molecular formula is C29H25F4N5O4. The van der Waals surface area contributed by atoms with Crippen LogP contribution in [0.2, 0.25) is 0 Å². The molecule has 0 spiro atoms. The Hall–Kier alpha value is -5.04. The van der Waals surface area contributed by atoms with Crippen LogP contribution in [-0.2, 0) is 14.3 Å². The van der Waals surface area contributed by atoms with Gasteiger partial charge in [0.05, 0.1) is 5.69 Å². The number of pyridine rings is 1. The number of nitrogens with two attached hydrogens (primary N) is 2. The second-order valence-corrected chi connectivity index (χ2v) is 9.56. The summed E-state index contributed by atoms with van der Waals surface area (Å²) in [4.78, 5) is 41.7. The fraction of sp³-hybridized carbons (Fsp3) is 0.172. The van der Waals surface area contributed by atoms with Gasteiger partial charge in [-0.2, -0.15) is 0 Å². The standard InChI is InChI=1S/C29H25F4N5O4/c1-14(2)25(34)28(40)42-13-24(39)36-17-7-9-18-15(10-17)11-23(37-26(18)19-8-6-16(30)12-22(19)33)38(29(35)41)27-20(31)4-3-5-21(27)32/h3-12,14,25H,13,34H2,1-2H3,(H2,35,41)(H,36,39). The Morgan fingerprint density at radius 1 is 0.952 bits per heavy atom. The van der Waals surface area contributed by atoms with E-state index in [4.69, 9.17) is 16.2 Å². The van der Waals surface area contributed by atoms with Crippen LogP contribution in [-0.4, -0.2) is 35.5 Å². The minimum atomic E-state index is -1.30. The van der Waals surface area contributed by atoms with Gasteiger partial charge in [-0.3, -0.25) is 9.59 Å². The van der Waals surface area contributed by atoms with E-state index in [1.165, 1.54) is 24.3 Å². The highest BCUT2D eigenvalue weighted by Gasteiger charge is 2.26. The molecule has 5 N–H and O–H groups in total. The number of primary amides is 1. The second kappa shape index (κ2) is 12.2. The van der Waals surface area contributed by atoms with Crippen LogP contribution >= 0.6 is 0 Å². The molecule has 4 rings (SSSR count). The summed E-state index contributed by atoms with van der Waals surface area (Å²) >= 11 is 0. The van der Waals surface area contributed by atoms with E-state index >= 15 is 0 Å². The number of amides is 3. The summed E-state index contributed by atoms with van der Waals surface area (Å²) in [6.45, 7) is 2.80. The molecule has 0 radical (unpaired) electrons. The van der Waals surface area contributed by atoms with Gasteiger partial charge < -0.3 is 21.5 Å². The molecule has 4 aromatic rings. The number of fused-ring (bicyclic) bond motifs is 1.